The van der Waals surface area contributed by atoms with Crippen molar-refractivity contribution in [2.24, 2.45) is 0 Å². The summed E-state index contributed by atoms with van der Waals surface area (Å²) in [6, 6.07) is 5.77. The zero-order valence-electron chi connectivity index (χ0n) is 9.08. The van der Waals surface area contributed by atoms with Crippen LogP contribution in [0.4, 0.5) is 13.2 Å². The molecule has 0 atom stereocenters. The number of aromatic nitrogens is 2. The fourth-order valence-electron chi connectivity index (χ4n) is 1.27. The molecule has 0 amide bonds. The molecule has 0 saturated carbocycles. The second-order valence-electron chi connectivity index (χ2n) is 3.40. The molecule has 2 aromatic rings. The standard InChI is InChI=1S/C11H5Cl2F3N2O/c12-6-1-3-7(4-2-6)19-8-9(11(14,15)16)17-5-18-10(8)13/h1-5H. The Bertz CT molecular complexity index is 587. The number of nitrogens with zero attached hydrogens (tertiary/aromatic N) is 2. The number of rotatable bonds is 2. The minimum atomic E-state index is -4.69. The molecule has 0 unspecified atom stereocenters. The van der Waals surface area contributed by atoms with Crippen molar-refractivity contribution in [1.29, 1.82) is 0 Å². The molecule has 8 heteroatoms. The first kappa shape index (κ1) is 13.9. The fraction of sp³-hybridized carbons (Fsp3) is 0.0909. The first-order valence-electron chi connectivity index (χ1n) is 4.89. The number of ether oxygens (including phenoxy) is 1. The normalized spacial score (nSPS) is 11.4. The Kier molecular flexibility index (Phi) is 3.82. The van der Waals surface area contributed by atoms with Gasteiger partial charge in [-0.15, -0.1) is 0 Å². The first-order chi connectivity index (χ1) is 8.88. The van der Waals surface area contributed by atoms with Crippen molar-refractivity contribution in [3.63, 3.8) is 0 Å². The maximum Gasteiger partial charge on any atom is 0.437 e. The second kappa shape index (κ2) is 5.22. The first-order valence-corrected chi connectivity index (χ1v) is 5.64. The minimum Gasteiger partial charge on any atom is -0.452 e. The third kappa shape index (κ3) is 3.27. The van der Waals surface area contributed by atoms with Gasteiger partial charge in [-0.25, -0.2) is 9.97 Å². The van der Waals surface area contributed by atoms with Crippen LogP contribution in [0.3, 0.4) is 0 Å². The Morgan fingerprint density at radius 3 is 2.21 bits per heavy atom. The highest BCUT2D eigenvalue weighted by Gasteiger charge is 2.38. The molecule has 2 rings (SSSR count). The number of hydrogen-bond donors (Lipinski definition) is 0. The number of benzene rings is 1. The number of halogens is 5. The molecule has 0 radical (unpaired) electrons. The van der Waals surface area contributed by atoms with E-state index in [0.29, 0.717) is 5.02 Å². The van der Waals surface area contributed by atoms with E-state index < -0.39 is 22.8 Å². The van der Waals surface area contributed by atoms with Gasteiger partial charge < -0.3 is 4.74 Å². The van der Waals surface area contributed by atoms with Crippen LogP contribution in [0.5, 0.6) is 11.5 Å². The summed E-state index contributed by atoms with van der Waals surface area (Å²) in [7, 11) is 0. The molecular weight excluding hydrogens is 304 g/mol. The van der Waals surface area contributed by atoms with E-state index in [-0.39, 0.29) is 5.75 Å². The van der Waals surface area contributed by atoms with Gasteiger partial charge in [-0.1, -0.05) is 23.2 Å². The minimum absolute atomic E-state index is 0.145. The topological polar surface area (TPSA) is 35.0 Å². The molecule has 3 nitrogen and oxygen atoms in total. The van der Waals surface area contributed by atoms with Crippen molar-refractivity contribution in [2.45, 2.75) is 6.18 Å². The van der Waals surface area contributed by atoms with Crippen LogP contribution in [-0.2, 0) is 6.18 Å². The van der Waals surface area contributed by atoms with E-state index in [2.05, 4.69) is 9.97 Å². The summed E-state index contributed by atoms with van der Waals surface area (Å²) in [5, 5.41) is 0.0103. The summed E-state index contributed by atoms with van der Waals surface area (Å²) >= 11 is 11.3. The van der Waals surface area contributed by atoms with Crippen LogP contribution < -0.4 is 4.74 Å². The van der Waals surface area contributed by atoms with Gasteiger partial charge in [0.15, 0.2) is 16.6 Å². The van der Waals surface area contributed by atoms with Gasteiger partial charge in [0.1, 0.15) is 12.1 Å². The molecular formula is C11H5Cl2F3N2O. The fourth-order valence-corrected chi connectivity index (χ4v) is 1.56. The summed E-state index contributed by atoms with van der Waals surface area (Å²) in [4.78, 5) is 6.62. The Labute approximate surface area is 116 Å². The van der Waals surface area contributed by atoms with Crippen LogP contribution in [0.1, 0.15) is 5.69 Å². The predicted octanol–water partition coefficient (Wildman–Crippen LogP) is 4.59. The van der Waals surface area contributed by atoms with Crippen LogP contribution in [0.25, 0.3) is 0 Å². The zero-order chi connectivity index (χ0) is 14.0. The van der Waals surface area contributed by atoms with Crippen molar-refractivity contribution < 1.29 is 17.9 Å². The second-order valence-corrected chi connectivity index (χ2v) is 4.19. The molecule has 100 valence electrons. The smallest absolute Gasteiger partial charge is 0.437 e. The lowest BCUT2D eigenvalue weighted by atomic mass is 10.3. The summed E-state index contributed by atoms with van der Waals surface area (Å²) in [5.74, 6) is -0.495. The van der Waals surface area contributed by atoms with Gasteiger partial charge in [0.25, 0.3) is 0 Å². The van der Waals surface area contributed by atoms with Crippen molar-refractivity contribution in [2.75, 3.05) is 0 Å². The Morgan fingerprint density at radius 2 is 1.63 bits per heavy atom. The van der Waals surface area contributed by atoms with Crippen LogP contribution >= 0.6 is 23.2 Å². The molecule has 0 aliphatic carbocycles. The molecule has 0 spiro atoms. The van der Waals surface area contributed by atoms with Gasteiger partial charge in [0.05, 0.1) is 0 Å². The van der Waals surface area contributed by atoms with E-state index in [4.69, 9.17) is 27.9 Å². The molecule has 0 saturated heterocycles. The van der Waals surface area contributed by atoms with E-state index in [9.17, 15) is 13.2 Å². The van der Waals surface area contributed by atoms with Gasteiger partial charge in [-0.2, -0.15) is 13.2 Å². The van der Waals surface area contributed by atoms with Crippen molar-refractivity contribution in [3.05, 3.63) is 46.5 Å². The third-order valence-corrected chi connectivity index (χ3v) is 2.58. The van der Waals surface area contributed by atoms with Crippen LogP contribution in [-0.4, -0.2) is 9.97 Å². The van der Waals surface area contributed by atoms with E-state index in [0.717, 1.165) is 6.33 Å². The van der Waals surface area contributed by atoms with Gasteiger partial charge in [-0.05, 0) is 24.3 Å². The van der Waals surface area contributed by atoms with E-state index >= 15 is 0 Å². The Morgan fingerprint density at radius 1 is 1.00 bits per heavy atom. The van der Waals surface area contributed by atoms with Crippen LogP contribution in [0.15, 0.2) is 30.6 Å². The molecule has 0 fully saturated rings. The van der Waals surface area contributed by atoms with Crippen molar-refractivity contribution in [3.8, 4) is 11.5 Å². The summed E-state index contributed by atoms with van der Waals surface area (Å²) in [6.07, 6.45) is -3.96. The highest BCUT2D eigenvalue weighted by atomic mass is 35.5. The Balaban J connectivity index is 2.42. The van der Waals surface area contributed by atoms with E-state index in [1.54, 1.807) is 0 Å². The van der Waals surface area contributed by atoms with Gasteiger partial charge in [0, 0.05) is 5.02 Å². The molecule has 1 aromatic heterocycles. The maximum atomic E-state index is 12.7. The molecule has 0 bridgehead atoms. The number of alkyl halides is 3. The summed E-state index contributed by atoms with van der Waals surface area (Å²) in [5.41, 5.74) is -1.23. The van der Waals surface area contributed by atoms with E-state index in [1.807, 2.05) is 0 Å². The lowest BCUT2D eigenvalue weighted by molar-refractivity contribution is -0.142. The predicted molar refractivity (Wildman–Crippen MR) is 63.6 cm³/mol. The van der Waals surface area contributed by atoms with Crippen molar-refractivity contribution in [1.82, 2.24) is 9.97 Å². The summed E-state index contributed by atoms with van der Waals surface area (Å²) in [6.45, 7) is 0. The van der Waals surface area contributed by atoms with Crippen molar-refractivity contribution >= 4 is 23.2 Å². The Hall–Kier alpha value is -1.53. The SMILES string of the molecule is FC(F)(F)c1ncnc(Cl)c1Oc1ccc(Cl)cc1. The summed E-state index contributed by atoms with van der Waals surface area (Å²) < 4.78 is 43.3. The van der Waals surface area contributed by atoms with Crippen LogP contribution in [0, 0.1) is 0 Å². The maximum absolute atomic E-state index is 12.7. The average molecular weight is 309 g/mol. The van der Waals surface area contributed by atoms with E-state index in [1.165, 1.54) is 24.3 Å². The monoisotopic (exact) mass is 308 g/mol. The molecule has 1 aromatic carbocycles. The zero-order valence-corrected chi connectivity index (χ0v) is 10.6. The lowest BCUT2D eigenvalue weighted by Crippen LogP contribution is -2.10. The molecule has 0 N–H and O–H groups in total. The number of hydrogen-bond acceptors (Lipinski definition) is 3. The van der Waals surface area contributed by atoms with Gasteiger partial charge >= 0.3 is 6.18 Å². The molecule has 0 aliphatic heterocycles. The van der Waals surface area contributed by atoms with Crippen LogP contribution in [0.2, 0.25) is 10.2 Å². The molecule has 0 aliphatic rings. The highest BCUT2D eigenvalue weighted by molar-refractivity contribution is 6.31. The lowest BCUT2D eigenvalue weighted by Gasteiger charge is -2.13. The highest BCUT2D eigenvalue weighted by Crippen LogP contribution is 2.39. The average Bonchev–Trinajstić information content (AvgIpc) is 2.33. The van der Waals surface area contributed by atoms with Gasteiger partial charge in [-0.3, -0.25) is 0 Å². The molecule has 1 heterocycles. The quantitative estimate of drug-likeness (QED) is 0.761. The third-order valence-electron chi connectivity index (χ3n) is 2.06. The largest absolute Gasteiger partial charge is 0.452 e. The molecule has 19 heavy (non-hydrogen) atoms. The van der Waals surface area contributed by atoms with Gasteiger partial charge in [0.2, 0.25) is 0 Å².